The molecule has 0 N–H and O–H groups in total. The van der Waals surface area contributed by atoms with E-state index in [1.807, 2.05) is 17.7 Å². The Labute approximate surface area is 113 Å². The molecule has 0 bridgehead atoms. The second-order valence-corrected chi connectivity index (χ2v) is 3.94. The average Bonchev–Trinajstić information content (AvgIpc) is 3.09. The second kappa shape index (κ2) is 4.73. The van der Waals surface area contributed by atoms with Crippen LogP contribution >= 0.6 is 11.6 Å². The summed E-state index contributed by atoms with van der Waals surface area (Å²) in [7, 11) is 0. The minimum Gasteiger partial charge on any atom is -0.329 e. The van der Waals surface area contributed by atoms with Gasteiger partial charge in [-0.15, -0.1) is 0 Å². The summed E-state index contributed by atoms with van der Waals surface area (Å²) in [6.45, 7) is 2.77. The zero-order chi connectivity index (χ0) is 13.2. The Morgan fingerprint density at radius 2 is 2.16 bits per heavy atom. The van der Waals surface area contributed by atoms with Crippen molar-refractivity contribution < 1.29 is 0 Å². The highest BCUT2D eigenvalue weighted by molar-refractivity contribution is 6.28. The first-order valence-electron chi connectivity index (χ1n) is 5.56. The third-order valence-electron chi connectivity index (χ3n) is 2.48. The topological polar surface area (TPSA) is 87.2 Å². The molecule has 3 heterocycles. The maximum atomic E-state index is 5.92. The van der Waals surface area contributed by atoms with Crippen molar-refractivity contribution in [1.29, 1.82) is 0 Å². The number of nitrogens with zero attached hydrogens (tertiary/aromatic N) is 8. The van der Waals surface area contributed by atoms with Crippen LogP contribution < -0.4 is 0 Å². The third-order valence-corrected chi connectivity index (χ3v) is 2.65. The second-order valence-electron chi connectivity index (χ2n) is 3.60. The predicted molar refractivity (Wildman–Crippen MR) is 66.6 cm³/mol. The van der Waals surface area contributed by atoms with E-state index in [4.69, 9.17) is 11.6 Å². The summed E-state index contributed by atoms with van der Waals surface area (Å²) < 4.78 is 3.33. The number of halogens is 1. The average molecular weight is 277 g/mol. The van der Waals surface area contributed by atoms with Crippen molar-refractivity contribution in [2.75, 3.05) is 0 Å². The van der Waals surface area contributed by atoms with Gasteiger partial charge in [-0.2, -0.15) is 24.7 Å². The van der Waals surface area contributed by atoms with Crippen LogP contribution in [0.15, 0.2) is 25.0 Å². The molecular weight excluding hydrogens is 268 g/mol. The van der Waals surface area contributed by atoms with Crippen molar-refractivity contribution in [2.24, 2.45) is 0 Å². The van der Waals surface area contributed by atoms with E-state index in [1.165, 1.54) is 17.3 Å². The van der Waals surface area contributed by atoms with Crippen LogP contribution in [0.5, 0.6) is 0 Å². The Bertz CT molecular complexity index is 689. The molecule has 9 heteroatoms. The number of hydrogen-bond donors (Lipinski definition) is 0. The number of imidazole rings is 1. The minimum atomic E-state index is 0.0844. The Balaban J connectivity index is 2.13. The lowest BCUT2D eigenvalue weighted by Crippen LogP contribution is -2.07. The Kier molecular flexibility index (Phi) is 2.92. The van der Waals surface area contributed by atoms with E-state index in [1.54, 1.807) is 6.20 Å². The maximum absolute atomic E-state index is 5.92. The van der Waals surface area contributed by atoms with Crippen molar-refractivity contribution in [2.45, 2.75) is 13.5 Å². The molecule has 0 radical (unpaired) electrons. The molecule has 8 nitrogen and oxygen atoms in total. The van der Waals surface area contributed by atoms with Gasteiger partial charge in [0.25, 0.3) is 5.95 Å². The fourth-order valence-electron chi connectivity index (χ4n) is 1.62. The molecule has 19 heavy (non-hydrogen) atoms. The molecule has 0 unspecified atom stereocenters. The monoisotopic (exact) mass is 276 g/mol. The molecule has 3 rings (SSSR count). The van der Waals surface area contributed by atoms with Crippen molar-refractivity contribution in [3.63, 3.8) is 0 Å². The lowest BCUT2D eigenvalue weighted by molar-refractivity contribution is 0.753. The Hall–Kier alpha value is -2.35. The number of rotatable bonds is 3. The molecule has 3 aromatic rings. The number of hydrogen-bond acceptors (Lipinski definition) is 6. The molecule has 0 atom stereocenters. The van der Waals surface area contributed by atoms with Crippen molar-refractivity contribution in [3.8, 4) is 17.6 Å². The van der Waals surface area contributed by atoms with Gasteiger partial charge in [0.05, 0.1) is 0 Å². The highest BCUT2D eigenvalue weighted by atomic mass is 35.5. The zero-order valence-electron chi connectivity index (χ0n) is 9.97. The Morgan fingerprint density at radius 3 is 2.89 bits per heavy atom. The number of aromatic nitrogens is 8. The van der Waals surface area contributed by atoms with Crippen LogP contribution in [0.2, 0.25) is 5.28 Å². The Morgan fingerprint density at radius 1 is 1.26 bits per heavy atom. The van der Waals surface area contributed by atoms with Gasteiger partial charge in [-0.25, -0.2) is 9.97 Å². The van der Waals surface area contributed by atoms with Gasteiger partial charge in [-0.1, -0.05) is 0 Å². The summed E-state index contributed by atoms with van der Waals surface area (Å²) in [5, 5.41) is 4.04. The lowest BCUT2D eigenvalue weighted by Gasteiger charge is -2.05. The van der Waals surface area contributed by atoms with E-state index in [0.717, 1.165) is 6.54 Å². The van der Waals surface area contributed by atoms with E-state index < -0.39 is 0 Å². The fraction of sp³-hybridized carbons (Fsp3) is 0.200. The molecule has 3 aromatic heterocycles. The maximum Gasteiger partial charge on any atom is 0.257 e. The quantitative estimate of drug-likeness (QED) is 0.709. The lowest BCUT2D eigenvalue weighted by atomic mass is 10.5. The highest BCUT2D eigenvalue weighted by Crippen LogP contribution is 2.15. The number of aryl methyl sites for hydroxylation is 1. The standard InChI is InChI=1S/C10H9ClN8/c1-2-18-4-3-13-8(18)7-15-9(11)17-10(16-7)19-6-12-5-14-19/h3-6H,2H2,1H3. The SMILES string of the molecule is CCn1ccnc1-c1nc(Cl)nc(-n2cncn2)n1. The van der Waals surface area contributed by atoms with Crippen LogP contribution in [-0.2, 0) is 6.54 Å². The summed E-state index contributed by atoms with van der Waals surface area (Å²) in [5.41, 5.74) is 0. The van der Waals surface area contributed by atoms with Gasteiger partial charge >= 0.3 is 0 Å². The van der Waals surface area contributed by atoms with Gasteiger partial charge in [0.15, 0.2) is 5.82 Å². The normalized spacial score (nSPS) is 10.8. The summed E-state index contributed by atoms with van der Waals surface area (Å²) in [5.74, 6) is 1.34. The smallest absolute Gasteiger partial charge is 0.257 e. The van der Waals surface area contributed by atoms with E-state index in [2.05, 4.69) is 30.0 Å². The summed E-state index contributed by atoms with van der Waals surface area (Å²) >= 11 is 5.92. The first-order chi connectivity index (χ1) is 9.28. The van der Waals surface area contributed by atoms with Gasteiger partial charge in [0, 0.05) is 18.9 Å². The largest absolute Gasteiger partial charge is 0.329 e. The molecule has 96 valence electrons. The van der Waals surface area contributed by atoms with Crippen LogP contribution in [0.1, 0.15) is 6.92 Å². The van der Waals surface area contributed by atoms with Gasteiger partial charge in [0.1, 0.15) is 12.7 Å². The molecule has 0 spiro atoms. The predicted octanol–water partition coefficient (Wildman–Crippen LogP) is 0.989. The molecule has 0 fully saturated rings. The molecule has 0 saturated carbocycles. The summed E-state index contributed by atoms with van der Waals surface area (Å²) in [6, 6.07) is 0. The molecule has 0 amide bonds. The molecule has 0 aliphatic rings. The van der Waals surface area contributed by atoms with E-state index >= 15 is 0 Å². The van der Waals surface area contributed by atoms with Crippen molar-refractivity contribution in [3.05, 3.63) is 30.3 Å². The van der Waals surface area contributed by atoms with Gasteiger partial charge in [0.2, 0.25) is 11.1 Å². The zero-order valence-corrected chi connectivity index (χ0v) is 10.7. The molecular formula is C10H9ClN8. The van der Waals surface area contributed by atoms with Crippen molar-refractivity contribution in [1.82, 2.24) is 39.3 Å². The van der Waals surface area contributed by atoms with Gasteiger partial charge in [-0.05, 0) is 18.5 Å². The van der Waals surface area contributed by atoms with Crippen LogP contribution in [0.3, 0.4) is 0 Å². The fourth-order valence-corrected chi connectivity index (χ4v) is 1.78. The third kappa shape index (κ3) is 2.17. The first kappa shape index (κ1) is 11.7. The van der Waals surface area contributed by atoms with Gasteiger partial charge in [-0.3, -0.25) is 0 Å². The van der Waals surface area contributed by atoms with Gasteiger partial charge < -0.3 is 4.57 Å². The van der Waals surface area contributed by atoms with Crippen LogP contribution in [0, 0.1) is 0 Å². The molecule has 0 aliphatic carbocycles. The highest BCUT2D eigenvalue weighted by Gasteiger charge is 2.13. The van der Waals surface area contributed by atoms with Crippen LogP contribution in [0.4, 0.5) is 0 Å². The van der Waals surface area contributed by atoms with E-state index in [0.29, 0.717) is 17.6 Å². The summed E-state index contributed by atoms with van der Waals surface area (Å²) in [6.07, 6.45) is 6.42. The molecule has 0 aliphatic heterocycles. The molecule has 0 aromatic carbocycles. The molecule has 0 saturated heterocycles. The van der Waals surface area contributed by atoms with Crippen molar-refractivity contribution >= 4 is 11.6 Å². The summed E-state index contributed by atoms with van der Waals surface area (Å²) in [4.78, 5) is 20.5. The minimum absolute atomic E-state index is 0.0844. The van der Waals surface area contributed by atoms with E-state index in [9.17, 15) is 0 Å². The van der Waals surface area contributed by atoms with Crippen LogP contribution in [-0.4, -0.2) is 39.3 Å². The first-order valence-corrected chi connectivity index (χ1v) is 5.94. The van der Waals surface area contributed by atoms with E-state index in [-0.39, 0.29) is 5.28 Å². The van der Waals surface area contributed by atoms with Crippen LogP contribution in [0.25, 0.3) is 17.6 Å².